The Morgan fingerprint density at radius 2 is 1.96 bits per heavy atom. The number of nitrogens with zero attached hydrogens (tertiary/aromatic N) is 4. The minimum atomic E-state index is -4.88. The molecule has 0 fully saturated rings. The molecule has 122 valence electrons. The van der Waals surface area contributed by atoms with Crippen molar-refractivity contribution >= 4 is 11.6 Å². The second kappa shape index (κ2) is 6.44. The van der Waals surface area contributed by atoms with Gasteiger partial charge in [-0.05, 0) is 24.3 Å². The first-order valence-electron chi connectivity index (χ1n) is 6.29. The highest BCUT2D eigenvalue weighted by Gasteiger charge is 2.39. The number of aliphatic hydroxyl groups excluding tert-OH is 1. The number of benzene rings is 1. The Kier molecular flexibility index (Phi) is 4.77. The van der Waals surface area contributed by atoms with Crippen molar-refractivity contribution in [3.05, 3.63) is 39.8 Å². The van der Waals surface area contributed by atoms with Crippen molar-refractivity contribution in [2.45, 2.75) is 25.4 Å². The molecule has 6 nitrogen and oxygen atoms in total. The van der Waals surface area contributed by atoms with Crippen LogP contribution in [0.1, 0.15) is 0 Å². The summed E-state index contributed by atoms with van der Waals surface area (Å²) in [5.41, 5.74) is -0.586. The monoisotopic (exact) mass is 346 g/mol. The van der Waals surface area contributed by atoms with E-state index in [0.29, 0.717) is 15.2 Å². The lowest BCUT2D eigenvalue weighted by atomic mass is 10.2. The van der Waals surface area contributed by atoms with E-state index in [0.717, 1.165) is 4.68 Å². The minimum Gasteiger partial charge on any atom is -0.382 e. The van der Waals surface area contributed by atoms with Gasteiger partial charge in [0.2, 0.25) is 0 Å². The molecule has 0 aliphatic heterocycles. The topological polar surface area (TPSA) is 83.8 Å². The summed E-state index contributed by atoms with van der Waals surface area (Å²) in [6.45, 7) is -1.44. The Balaban J connectivity index is 2.52. The highest BCUT2D eigenvalue weighted by molar-refractivity contribution is 6.30. The van der Waals surface area contributed by atoms with Gasteiger partial charge in [-0.25, -0.2) is 4.79 Å². The summed E-state index contributed by atoms with van der Waals surface area (Å²) in [6.07, 6.45) is -7.61. The lowest BCUT2D eigenvalue weighted by Crippen LogP contribution is -2.37. The Morgan fingerprint density at radius 3 is 2.48 bits per heavy atom. The summed E-state index contributed by atoms with van der Waals surface area (Å²) in [5, 5.41) is 22.1. The van der Waals surface area contributed by atoms with Crippen molar-refractivity contribution < 1.29 is 18.3 Å². The van der Waals surface area contributed by atoms with Gasteiger partial charge >= 0.3 is 11.9 Å². The highest BCUT2D eigenvalue weighted by Crippen LogP contribution is 2.23. The maximum atomic E-state index is 12.5. The first-order chi connectivity index (χ1) is 10.7. The summed E-state index contributed by atoms with van der Waals surface area (Å²) in [6, 6.07) is 7.59. The van der Waals surface area contributed by atoms with Gasteiger partial charge in [-0.2, -0.15) is 23.1 Å². The summed E-state index contributed by atoms with van der Waals surface area (Å²) in [7, 11) is 0. The first-order valence-corrected chi connectivity index (χ1v) is 6.67. The van der Waals surface area contributed by atoms with Gasteiger partial charge in [0.15, 0.2) is 11.9 Å². The first kappa shape index (κ1) is 17.1. The van der Waals surface area contributed by atoms with Crippen molar-refractivity contribution in [1.29, 1.82) is 5.26 Å². The number of nitriles is 1. The molecule has 10 heteroatoms. The third-order valence-corrected chi connectivity index (χ3v) is 3.23. The van der Waals surface area contributed by atoms with Crippen LogP contribution in [0.5, 0.6) is 0 Å². The molecule has 0 saturated carbocycles. The van der Waals surface area contributed by atoms with Crippen LogP contribution in [0.3, 0.4) is 0 Å². The van der Waals surface area contributed by atoms with E-state index >= 15 is 0 Å². The number of aliphatic hydroxyl groups is 1. The van der Waals surface area contributed by atoms with Crippen LogP contribution in [0.4, 0.5) is 13.2 Å². The molecular formula is C13H10ClF3N4O2. The van der Waals surface area contributed by atoms with Crippen LogP contribution in [0, 0.1) is 11.3 Å². The number of hydrogen-bond donors (Lipinski definition) is 1. The molecule has 0 bridgehead atoms. The van der Waals surface area contributed by atoms with Gasteiger partial charge < -0.3 is 5.11 Å². The van der Waals surface area contributed by atoms with Crippen molar-refractivity contribution in [2.24, 2.45) is 0 Å². The quantitative estimate of drug-likeness (QED) is 0.915. The van der Waals surface area contributed by atoms with E-state index in [1.54, 1.807) is 6.07 Å². The molecule has 1 atom stereocenters. The Bertz CT molecular complexity index is 790. The van der Waals surface area contributed by atoms with E-state index in [1.165, 1.54) is 24.3 Å². The molecule has 1 N–H and O–H groups in total. The summed E-state index contributed by atoms with van der Waals surface area (Å²) >= 11 is 5.74. The molecule has 23 heavy (non-hydrogen) atoms. The fourth-order valence-corrected chi connectivity index (χ4v) is 1.99. The van der Waals surface area contributed by atoms with Gasteiger partial charge in [0.1, 0.15) is 6.54 Å². The average molecular weight is 347 g/mol. The number of aromatic nitrogens is 3. The van der Waals surface area contributed by atoms with Crippen LogP contribution in [0.25, 0.3) is 11.4 Å². The van der Waals surface area contributed by atoms with Crippen LogP contribution in [-0.2, 0) is 13.1 Å². The number of alkyl halides is 3. The van der Waals surface area contributed by atoms with Gasteiger partial charge in [-0.15, -0.1) is 5.10 Å². The fraction of sp³-hybridized carbons (Fsp3) is 0.308. The molecule has 0 saturated heterocycles. The summed E-state index contributed by atoms with van der Waals surface area (Å²) < 4.78 is 39.0. The highest BCUT2D eigenvalue weighted by atomic mass is 35.5. The van der Waals surface area contributed by atoms with E-state index in [2.05, 4.69) is 5.10 Å². The van der Waals surface area contributed by atoms with E-state index < -0.39 is 31.1 Å². The molecule has 2 aromatic rings. The van der Waals surface area contributed by atoms with Crippen LogP contribution in [0.15, 0.2) is 29.1 Å². The Labute approximate surface area is 132 Å². The van der Waals surface area contributed by atoms with Crippen molar-refractivity contribution in [3.8, 4) is 17.5 Å². The molecule has 1 aromatic heterocycles. The second-order valence-electron chi connectivity index (χ2n) is 4.60. The normalized spacial score (nSPS) is 12.9. The molecule has 0 amide bonds. The lowest BCUT2D eigenvalue weighted by molar-refractivity contribution is -0.207. The molecule has 0 spiro atoms. The van der Waals surface area contributed by atoms with Crippen molar-refractivity contribution in [3.63, 3.8) is 0 Å². The molecular weight excluding hydrogens is 337 g/mol. The smallest absolute Gasteiger partial charge is 0.382 e. The van der Waals surface area contributed by atoms with Gasteiger partial charge in [-0.1, -0.05) is 11.6 Å². The molecule has 0 aliphatic carbocycles. The van der Waals surface area contributed by atoms with Gasteiger partial charge in [0.25, 0.3) is 0 Å². The zero-order valence-electron chi connectivity index (χ0n) is 11.5. The van der Waals surface area contributed by atoms with Crippen molar-refractivity contribution in [2.75, 3.05) is 0 Å². The average Bonchev–Trinajstić information content (AvgIpc) is 2.77. The largest absolute Gasteiger partial charge is 0.416 e. The van der Waals surface area contributed by atoms with E-state index in [9.17, 15) is 23.1 Å². The fourth-order valence-electron chi connectivity index (χ4n) is 1.86. The predicted molar refractivity (Wildman–Crippen MR) is 74.6 cm³/mol. The number of rotatable bonds is 4. The third-order valence-electron chi connectivity index (χ3n) is 2.98. The Morgan fingerprint density at radius 1 is 1.35 bits per heavy atom. The minimum absolute atomic E-state index is 0.0924. The lowest BCUT2D eigenvalue weighted by Gasteiger charge is -2.15. The van der Waals surface area contributed by atoms with Crippen molar-refractivity contribution in [1.82, 2.24) is 14.3 Å². The molecule has 1 unspecified atom stereocenters. The summed E-state index contributed by atoms with van der Waals surface area (Å²) in [4.78, 5) is 12.1. The zero-order chi connectivity index (χ0) is 17.2. The number of halogens is 4. The Hall–Kier alpha value is -2.31. The molecule has 0 aliphatic rings. The summed E-state index contributed by atoms with van der Waals surface area (Å²) in [5.74, 6) is -0.0924. The number of hydrogen-bond acceptors (Lipinski definition) is 4. The molecule has 0 radical (unpaired) electrons. The standard InChI is InChI=1S/C13H10ClF3N4O2/c14-9-3-1-8(2-4-9)11-19-21(6-5-18)12(23)20(11)7-10(22)13(15,16)17/h1-4,10,22H,6-7H2. The SMILES string of the molecule is N#CCn1nc(-c2ccc(Cl)cc2)n(CC(O)C(F)(F)F)c1=O. The maximum absolute atomic E-state index is 12.5. The molecule has 2 rings (SSSR count). The van der Waals surface area contributed by atoms with E-state index in [1.807, 2.05) is 0 Å². The zero-order valence-corrected chi connectivity index (χ0v) is 12.2. The van der Waals surface area contributed by atoms with Crippen LogP contribution in [0.2, 0.25) is 5.02 Å². The van der Waals surface area contributed by atoms with Gasteiger partial charge in [0.05, 0.1) is 12.6 Å². The third kappa shape index (κ3) is 3.72. The van der Waals surface area contributed by atoms with Crippen LogP contribution < -0.4 is 5.69 Å². The molecule has 1 heterocycles. The predicted octanol–water partition coefficient (Wildman–Crippen LogP) is 1.81. The van der Waals surface area contributed by atoms with E-state index in [-0.39, 0.29) is 5.82 Å². The molecule has 1 aromatic carbocycles. The second-order valence-corrected chi connectivity index (χ2v) is 5.03. The van der Waals surface area contributed by atoms with Crippen LogP contribution in [-0.4, -0.2) is 31.7 Å². The maximum Gasteiger partial charge on any atom is 0.416 e. The van der Waals surface area contributed by atoms with Gasteiger partial charge in [0, 0.05) is 10.6 Å². The van der Waals surface area contributed by atoms with Gasteiger partial charge in [-0.3, -0.25) is 4.57 Å². The van der Waals surface area contributed by atoms with E-state index in [4.69, 9.17) is 16.9 Å². The van der Waals surface area contributed by atoms with Crippen LogP contribution >= 0.6 is 11.6 Å².